The molecule has 23 heavy (non-hydrogen) atoms. The first-order valence-electron chi connectivity index (χ1n) is 8.12. The predicted octanol–water partition coefficient (Wildman–Crippen LogP) is 2.28. The minimum absolute atomic E-state index is 0.0338. The summed E-state index contributed by atoms with van der Waals surface area (Å²) >= 11 is 1.89. The molecule has 3 heterocycles. The lowest BCUT2D eigenvalue weighted by Gasteiger charge is -2.36. The van der Waals surface area contributed by atoms with Gasteiger partial charge in [0.25, 0.3) is 0 Å². The molecule has 1 aromatic rings. The number of carbonyl (C=O) groups excluding carboxylic acids is 1. The molecule has 2 aliphatic rings. The second-order valence-electron chi connectivity index (χ2n) is 6.10. The van der Waals surface area contributed by atoms with Crippen LogP contribution in [0.15, 0.2) is 18.3 Å². The van der Waals surface area contributed by atoms with Gasteiger partial charge in [0, 0.05) is 37.7 Å². The number of urea groups is 1. The largest absolute Gasteiger partial charge is 0.372 e. The number of nitrogens with one attached hydrogen (secondary N) is 1. The Balaban J connectivity index is 1.59. The second-order valence-corrected chi connectivity index (χ2v) is 7.32. The lowest BCUT2D eigenvalue weighted by Crippen LogP contribution is -2.45. The summed E-state index contributed by atoms with van der Waals surface area (Å²) in [6, 6.07) is 3.85. The van der Waals surface area contributed by atoms with E-state index in [0.717, 1.165) is 49.2 Å². The van der Waals surface area contributed by atoms with Crippen LogP contribution in [0.5, 0.6) is 0 Å². The molecule has 1 N–H and O–H groups in total. The number of aromatic nitrogens is 1. The summed E-state index contributed by atoms with van der Waals surface area (Å²) in [5.41, 5.74) is 0.742. The third-order valence-corrected chi connectivity index (χ3v) is 4.98. The number of carbonyl (C=O) groups is 1. The molecule has 2 fully saturated rings. The Morgan fingerprint density at radius 3 is 2.57 bits per heavy atom. The number of anilines is 2. The Morgan fingerprint density at radius 2 is 1.96 bits per heavy atom. The highest BCUT2D eigenvalue weighted by Crippen LogP contribution is 2.20. The van der Waals surface area contributed by atoms with E-state index in [9.17, 15) is 4.79 Å². The van der Waals surface area contributed by atoms with Crippen molar-refractivity contribution in [2.45, 2.75) is 26.1 Å². The molecule has 0 saturated carbocycles. The highest BCUT2D eigenvalue weighted by atomic mass is 32.2. The van der Waals surface area contributed by atoms with Crippen molar-refractivity contribution in [2.24, 2.45) is 0 Å². The fourth-order valence-corrected chi connectivity index (χ4v) is 3.88. The third kappa shape index (κ3) is 4.29. The van der Waals surface area contributed by atoms with Crippen LogP contribution < -0.4 is 10.2 Å². The number of hydrogen-bond acceptors (Lipinski definition) is 5. The van der Waals surface area contributed by atoms with Gasteiger partial charge in [0.05, 0.1) is 24.1 Å². The number of ether oxygens (including phenoxy) is 1. The molecule has 126 valence electrons. The predicted molar refractivity (Wildman–Crippen MR) is 94.4 cm³/mol. The van der Waals surface area contributed by atoms with E-state index >= 15 is 0 Å². The normalized spacial score (nSPS) is 25.3. The van der Waals surface area contributed by atoms with Crippen molar-refractivity contribution in [3.05, 3.63) is 18.3 Å². The minimum Gasteiger partial charge on any atom is -0.372 e. The SMILES string of the molecule is C[C@H]1CN(c2ccc(NC(=O)N3CCSCC3)cn2)C[C@H](C)O1. The monoisotopic (exact) mass is 336 g/mol. The van der Waals surface area contributed by atoms with Crippen molar-refractivity contribution in [2.75, 3.05) is 47.9 Å². The average Bonchev–Trinajstić information content (AvgIpc) is 2.55. The number of hydrogen-bond donors (Lipinski definition) is 1. The maximum atomic E-state index is 12.2. The third-order valence-electron chi connectivity index (χ3n) is 4.04. The van der Waals surface area contributed by atoms with Crippen molar-refractivity contribution in [1.82, 2.24) is 9.88 Å². The molecular weight excluding hydrogens is 312 g/mol. The van der Waals surface area contributed by atoms with Crippen LogP contribution in [0.25, 0.3) is 0 Å². The summed E-state index contributed by atoms with van der Waals surface area (Å²) in [4.78, 5) is 20.8. The number of amides is 2. The molecule has 7 heteroatoms. The number of morpholine rings is 1. The second kappa shape index (κ2) is 7.40. The van der Waals surface area contributed by atoms with Crippen LogP contribution >= 0.6 is 11.8 Å². The van der Waals surface area contributed by atoms with E-state index < -0.39 is 0 Å². The van der Waals surface area contributed by atoms with E-state index in [1.54, 1.807) is 6.20 Å². The summed E-state index contributed by atoms with van der Waals surface area (Å²) in [5.74, 6) is 2.95. The maximum absolute atomic E-state index is 12.2. The van der Waals surface area contributed by atoms with Gasteiger partial charge in [-0.25, -0.2) is 9.78 Å². The first kappa shape index (κ1) is 16.4. The van der Waals surface area contributed by atoms with E-state index in [2.05, 4.69) is 29.0 Å². The molecule has 0 unspecified atom stereocenters. The maximum Gasteiger partial charge on any atom is 0.321 e. The first-order valence-corrected chi connectivity index (χ1v) is 9.27. The number of pyridine rings is 1. The Morgan fingerprint density at radius 1 is 1.26 bits per heavy atom. The van der Waals surface area contributed by atoms with Crippen LogP contribution in [0.3, 0.4) is 0 Å². The molecule has 2 saturated heterocycles. The van der Waals surface area contributed by atoms with Crippen LogP contribution in [0, 0.1) is 0 Å². The molecule has 0 radical (unpaired) electrons. The summed E-state index contributed by atoms with van der Waals surface area (Å²) in [6.07, 6.45) is 2.14. The highest BCUT2D eigenvalue weighted by molar-refractivity contribution is 7.99. The zero-order valence-electron chi connectivity index (χ0n) is 13.7. The molecule has 2 amide bonds. The highest BCUT2D eigenvalue weighted by Gasteiger charge is 2.23. The van der Waals surface area contributed by atoms with Crippen molar-refractivity contribution >= 4 is 29.3 Å². The standard InChI is InChI=1S/C16H24N4O2S/c1-12-10-20(11-13(2)22-12)15-4-3-14(9-17-15)18-16(21)19-5-7-23-8-6-19/h3-4,9,12-13H,5-8,10-11H2,1-2H3,(H,18,21)/t12-,13-/m0/s1. The lowest BCUT2D eigenvalue weighted by atomic mass is 10.2. The van der Waals surface area contributed by atoms with E-state index in [-0.39, 0.29) is 18.2 Å². The quantitative estimate of drug-likeness (QED) is 0.898. The van der Waals surface area contributed by atoms with E-state index in [0.29, 0.717) is 0 Å². The number of nitrogens with zero attached hydrogens (tertiary/aromatic N) is 3. The van der Waals surface area contributed by atoms with E-state index in [1.165, 1.54) is 0 Å². The van der Waals surface area contributed by atoms with Gasteiger partial charge in [-0.1, -0.05) is 0 Å². The van der Waals surface area contributed by atoms with Crippen LogP contribution in [0.4, 0.5) is 16.3 Å². The van der Waals surface area contributed by atoms with Gasteiger partial charge in [-0.3, -0.25) is 0 Å². The van der Waals surface area contributed by atoms with Crippen molar-refractivity contribution < 1.29 is 9.53 Å². The molecular formula is C16H24N4O2S. The first-order chi connectivity index (χ1) is 11.1. The van der Waals surface area contributed by atoms with Gasteiger partial charge in [-0.05, 0) is 26.0 Å². The summed E-state index contributed by atoms with van der Waals surface area (Å²) in [6.45, 7) is 7.46. The van der Waals surface area contributed by atoms with Crippen LogP contribution in [0.1, 0.15) is 13.8 Å². The molecule has 6 nitrogen and oxygen atoms in total. The van der Waals surface area contributed by atoms with Gasteiger partial charge in [0.1, 0.15) is 5.82 Å². The van der Waals surface area contributed by atoms with Crippen LogP contribution in [-0.4, -0.2) is 65.8 Å². The Kier molecular flexibility index (Phi) is 5.27. The molecule has 2 aliphatic heterocycles. The van der Waals surface area contributed by atoms with Gasteiger partial charge in [-0.2, -0.15) is 11.8 Å². The molecule has 0 spiro atoms. The van der Waals surface area contributed by atoms with Gasteiger partial charge >= 0.3 is 6.03 Å². The summed E-state index contributed by atoms with van der Waals surface area (Å²) in [7, 11) is 0. The molecule has 3 rings (SSSR count). The minimum atomic E-state index is -0.0338. The fourth-order valence-electron chi connectivity index (χ4n) is 2.98. The Bertz CT molecular complexity index is 523. The van der Waals surface area contributed by atoms with Crippen LogP contribution in [0.2, 0.25) is 0 Å². The van der Waals surface area contributed by atoms with E-state index in [1.807, 2.05) is 28.8 Å². The number of rotatable bonds is 2. The van der Waals surface area contributed by atoms with Gasteiger partial charge in [0.15, 0.2) is 0 Å². The Labute approximate surface area is 141 Å². The Hall–Kier alpha value is -1.47. The molecule has 2 atom stereocenters. The van der Waals surface area contributed by atoms with Crippen molar-refractivity contribution in [1.29, 1.82) is 0 Å². The van der Waals surface area contributed by atoms with Gasteiger partial charge in [-0.15, -0.1) is 0 Å². The zero-order valence-corrected chi connectivity index (χ0v) is 14.5. The molecule has 1 aromatic heterocycles. The van der Waals surface area contributed by atoms with E-state index in [4.69, 9.17) is 4.74 Å². The average molecular weight is 336 g/mol. The number of thioether (sulfide) groups is 1. The fraction of sp³-hybridized carbons (Fsp3) is 0.625. The smallest absolute Gasteiger partial charge is 0.321 e. The summed E-state index contributed by atoms with van der Waals surface area (Å²) in [5, 5.41) is 2.93. The zero-order chi connectivity index (χ0) is 16.2. The van der Waals surface area contributed by atoms with Crippen molar-refractivity contribution in [3.63, 3.8) is 0 Å². The van der Waals surface area contributed by atoms with Gasteiger partial charge in [0.2, 0.25) is 0 Å². The van der Waals surface area contributed by atoms with Crippen molar-refractivity contribution in [3.8, 4) is 0 Å². The van der Waals surface area contributed by atoms with Gasteiger partial charge < -0.3 is 19.9 Å². The lowest BCUT2D eigenvalue weighted by molar-refractivity contribution is -0.00545. The molecule has 0 bridgehead atoms. The topological polar surface area (TPSA) is 57.7 Å². The molecule has 0 aliphatic carbocycles. The summed E-state index contributed by atoms with van der Waals surface area (Å²) < 4.78 is 5.75. The molecule has 0 aromatic carbocycles. The van der Waals surface area contributed by atoms with Crippen LogP contribution in [-0.2, 0) is 4.74 Å².